The van der Waals surface area contributed by atoms with Crippen molar-refractivity contribution in [2.75, 3.05) is 5.32 Å². The van der Waals surface area contributed by atoms with Crippen LogP contribution < -0.4 is 5.32 Å². The summed E-state index contributed by atoms with van der Waals surface area (Å²) in [4.78, 5) is 20.0. The molecule has 2 fully saturated rings. The highest BCUT2D eigenvalue weighted by molar-refractivity contribution is 5.91. The molecule has 1 aromatic carbocycles. The first kappa shape index (κ1) is 21.9. The highest BCUT2D eigenvalue weighted by Crippen LogP contribution is 2.39. The SMILES string of the molecule is Cc1cccc(C)c1NC(=O)N(Cc1ccccn1)C1CCC(C2CCCCC2)CC1. The summed E-state index contributed by atoms with van der Waals surface area (Å²) in [7, 11) is 0. The number of nitrogens with one attached hydrogen (secondary N) is 1. The largest absolute Gasteiger partial charge is 0.322 e. The van der Waals surface area contributed by atoms with Crippen LogP contribution in [0, 0.1) is 25.7 Å². The van der Waals surface area contributed by atoms with Crippen LogP contribution in [0.2, 0.25) is 0 Å². The molecule has 0 bridgehead atoms. The average Bonchev–Trinajstić information content (AvgIpc) is 2.81. The number of amides is 2. The molecular weight excluding hydrogens is 382 g/mol. The van der Waals surface area contributed by atoms with E-state index in [0.717, 1.165) is 47.2 Å². The third-order valence-electron chi connectivity index (χ3n) is 7.53. The van der Waals surface area contributed by atoms with Crippen LogP contribution in [0.5, 0.6) is 0 Å². The van der Waals surface area contributed by atoms with E-state index < -0.39 is 0 Å². The maximum atomic E-state index is 13.5. The lowest BCUT2D eigenvalue weighted by Gasteiger charge is -2.40. The van der Waals surface area contributed by atoms with Gasteiger partial charge in [0.25, 0.3) is 0 Å². The molecule has 2 saturated carbocycles. The topological polar surface area (TPSA) is 45.2 Å². The number of nitrogens with zero attached hydrogens (tertiary/aromatic N) is 2. The van der Waals surface area contributed by atoms with E-state index in [4.69, 9.17) is 0 Å². The molecule has 4 nitrogen and oxygen atoms in total. The molecule has 0 unspecified atom stereocenters. The number of aromatic nitrogens is 1. The van der Waals surface area contributed by atoms with Crippen molar-refractivity contribution >= 4 is 11.7 Å². The van der Waals surface area contributed by atoms with E-state index in [1.54, 1.807) is 0 Å². The van der Waals surface area contributed by atoms with Crippen LogP contribution in [-0.2, 0) is 6.54 Å². The molecule has 4 rings (SSSR count). The highest BCUT2D eigenvalue weighted by Gasteiger charge is 2.33. The van der Waals surface area contributed by atoms with Gasteiger partial charge in [0.1, 0.15) is 0 Å². The number of rotatable bonds is 5. The zero-order valence-electron chi connectivity index (χ0n) is 19.1. The second-order valence-corrected chi connectivity index (χ2v) is 9.61. The number of aryl methyl sites for hydroxylation is 2. The Hall–Kier alpha value is -2.36. The summed E-state index contributed by atoms with van der Waals surface area (Å²) in [5.74, 6) is 1.78. The Morgan fingerprint density at radius 1 is 0.903 bits per heavy atom. The minimum absolute atomic E-state index is 0.00386. The first-order chi connectivity index (χ1) is 15.1. The molecule has 1 aromatic heterocycles. The molecule has 0 saturated heterocycles. The van der Waals surface area contributed by atoms with E-state index >= 15 is 0 Å². The number of carbonyl (C=O) groups is 1. The van der Waals surface area contributed by atoms with Gasteiger partial charge in [-0.3, -0.25) is 4.98 Å². The fourth-order valence-corrected chi connectivity index (χ4v) is 5.71. The van der Waals surface area contributed by atoms with E-state index in [0.29, 0.717) is 6.54 Å². The van der Waals surface area contributed by atoms with E-state index in [1.807, 2.05) is 35.4 Å². The van der Waals surface area contributed by atoms with Gasteiger partial charge in [0, 0.05) is 17.9 Å². The predicted octanol–water partition coefficient (Wildman–Crippen LogP) is 6.87. The monoisotopic (exact) mass is 419 g/mol. The molecule has 1 heterocycles. The Labute approximate surface area is 187 Å². The number of urea groups is 1. The molecule has 2 aliphatic carbocycles. The van der Waals surface area contributed by atoms with Crippen LogP contribution in [-0.4, -0.2) is 22.0 Å². The summed E-state index contributed by atoms with van der Waals surface area (Å²) < 4.78 is 0. The molecule has 4 heteroatoms. The van der Waals surface area contributed by atoms with E-state index in [9.17, 15) is 4.79 Å². The van der Waals surface area contributed by atoms with Crippen LogP contribution in [0.25, 0.3) is 0 Å². The Kier molecular flexibility index (Phi) is 7.26. The van der Waals surface area contributed by atoms with Gasteiger partial charge in [-0.2, -0.15) is 0 Å². The number of pyridine rings is 1. The first-order valence-corrected chi connectivity index (χ1v) is 12.2. The molecule has 2 aliphatic rings. The summed E-state index contributed by atoms with van der Waals surface area (Å²) in [6.07, 6.45) is 13.6. The van der Waals surface area contributed by atoms with E-state index in [2.05, 4.69) is 36.3 Å². The summed E-state index contributed by atoms with van der Waals surface area (Å²) in [6.45, 7) is 4.68. The van der Waals surface area contributed by atoms with Gasteiger partial charge in [-0.05, 0) is 74.6 Å². The Balaban J connectivity index is 1.47. The molecule has 0 radical (unpaired) electrons. The summed E-state index contributed by atoms with van der Waals surface area (Å²) in [5.41, 5.74) is 4.10. The second-order valence-electron chi connectivity index (χ2n) is 9.61. The highest BCUT2D eigenvalue weighted by atomic mass is 16.2. The number of hydrogen-bond donors (Lipinski definition) is 1. The maximum Gasteiger partial charge on any atom is 0.322 e. The fraction of sp³-hybridized carbons (Fsp3) is 0.556. The zero-order chi connectivity index (χ0) is 21.6. The number of para-hydroxylation sites is 1. The van der Waals surface area contributed by atoms with Gasteiger partial charge in [0.05, 0.1) is 12.2 Å². The number of carbonyl (C=O) groups excluding carboxylic acids is 1. The number of benzene rings is 1. The van der Waals surface area contributed by atoms with Gasteiger partial charge >= 0.3 is 6.03 Å². The molecule has 166 valence electrons. The van der Waals surface area contributed by atoms with E-state index in [-0.39, 0.29) is 12.1 Å². The van der Waals surface area contributed by atoms with Gasteiger partial charge in [-0.15, -0.1) is 0 Å². The normalized spacial score (nSPS) is 22.1. The summed E-state index contributed by atoms with van der Waals surface area (Å²) in [5, 5.41) is 3.23. The van der Waals surface area contributed by atoms with Crippen molar-refractivity contribution in [2.45, 2.75) is 84.2 Å². The molecule has 0 spiro atoms. The molecule has 1 N–H and O–H groups in total. The zero-order valence-corrected chi connectivity index (χ0v) is 19.1. The molecule has 0 atom stereocenters. The van der Waals surface area contributed by atoms with Gasteiger partial charge in [-0.25, -0.2) is 4.79 Å². The molecule has 2 aromatic rings. The lowest BCUT2D eigenvalue weighted by atomic mass is 9.72. The number of hydrogen-bond acceptors (Lipinski definition) is 2. The summed E-state index contributed by atoms with van der Waals surface area (Å²) >= 11 is 0. The Morgan fingerprint density at radius 3 is 2.23 bits per heavy atom. The van der Waals surface area contributed by atoms with Crippen molar-refractivity contribution in [3.8, 4) is 0 Å². The minimum Gasteiger partial charge on any atom is -0.316 e. The smallest absolute Gasteiger partial charge is 0.316 e. The van der Waals surface area contributed by atoms with Crippen molar-refractivity contribution < 1.29 is 4.79 Å². The van der Waals surface area contributed by atoms with Gasteiger partial charge in [0.15, 0.2) is 0 Å². The van der Waals surface area contributed by atoms with Crippen molar-refractivity contribution in [1.82, 2.24) is 9.88 Å². The lowest BCUT2D eigenvalue weighted by molar-refractivity contribution is 0.119. The van der Waals surface area contributed by atoms with Gasteiger partial charge in [0.2, 0.25) is 0 Å². The second kappa shape index (κ2) is 10.3. The van der Waals surface area contributed by atoms with Crippen molar-refractivity contribution in [3.63, 3.8) is 0 Å². The quantitative estimate of drug-likeness (QED) is 0.574. The van der Waals surface area contributed by atoms with Crippen LogP contribution in [0.1, 0.15) is 74.6 Å². The van der Waals surface area contributed by atoms with Crippen LogP contribution >= 0.6 is 0 Å². The van der Waals surface area contributed by atoms with Crippen LogP contribution in [0.4, 0.5) is 10.5 Å². The number of anilines is 1. The third-order valence-corrected chi connectivity index (χ3v) is 7.53. The van der Waals surface area contributed by atoms with Crippen molar-refractivity contribution in [1.29, 1.82) is 0 Å². The summed E-state index contributed by atoms with van der Waals surface area (Å²) in [6, 6.07) is 12.4. The fourth-order valence-electron chi connectivity index (χ4n) is 5.71. The van der Waals surface area contributed by atoms with Crippen LogP contribution in [0.15, 0.2) is 42.6 Å². The Bertz CT molecular complexity index is 832. The third kappa shape index (κ3) is 5.47. The molecule has 0 aliphatic heterocycles. The molecule has 2 amide bonds. The van der Waals surface area contributed by atoms with Gasteiger partial charge in [-0.1, -0.05) is 56.4 Å². The predicted molar refractivity (Wildman–Crippen MR) is 127 cm³/mol. The average molecular weight is 420 g/mol. The van der Waals surface area contributed by atoms with Crippen LogP contribution in [0.3, 0.4) is 0 Å². The standard InChI is InChI=1S/C27H37N3O/c1-20-9-8-10-21(2)26(20)29-27(31)30(19-24-13-6-7-18-28-24)25-16-14-23(15-17-25)22-11-4-3-5-12-22/h6-10,13,18,22-23,25H,3-5,11-12,14-17,19H2,1-2H3,(H,29,31). The van der Waals surface area contributed by atoms with Crippen molar-refractivity contribution in [3.05, 3.63) is 59.4 Å². The first-order valence-electron chi connectivity index (χ1n) is 12.2. The molecular formula is C27H37N3O. The Morgan fingerprint density at radius 2 is 1.58 bits per heavy atom. The maximum absolute atomic E-state index is 13.5. The van der Waals surface area contributed by atoms with E-state index in [1.165, 1.54) is 44.9 Å². The molecule has 31 heavy (non-hydrogen) atoms. The minimum atomic E-state index is 0.00386. The lowest BCUT2D eigenvalue weighted by Crippen LogP contribution is -2.45. The van der Waals surface area contributed by atoms with Crippen molar-refractivity contribution in [2.24, 2.45) is 11.8 Å². The van der Waals surface area contributed by atoms with Gasteiger partial charge < -0.3 is 10.2 Å².